The van der Waals surface area contributed by atoms with Crippen LogP contribution in [0.15, 0.2) is 18.6 Å². The number of carbonyl (C=O) groups is 2. The first-order chi connectivity index (χ1) is 13.5. The number of rotatable bonds is 4. The van der Waals surface area contributed by atoms with Gasteiger partial charge < -0.3 is 14.8 Å². The van der Waals surface area contributed by atoms with Crippen LogP contribution in [0, 0.1) is 6.92 Å². The van der Waals surface area contributed by atoms with Crippen molar-refractivity contribution in [1.82, 2.24) is 29.5 Å². The average Bonchev–Trinajstić information content (AvgIpc) is 3.36. The summed E-state index contributed by atoms with van der Waals surface area (Å²) in [5.74, 6) is 0.317. The van der Waals surface area contributed by atoms with Gasteiger partial charge in [0.15, 0.2) is 0 Å². The molecule has 8 nitrogen and oxygen atoms in total. The van der Waals surface area contributed by atoms with Crippen molar-refractivity contribution in [3.05, 3.63) is 35.7 Å². The molecule has 2 aromatic rings. The van der Waals surface area contributed by atoms with Crippen molar-refractivity contribution in [3.63, 3.8) is 0 Å². The summed E-state index contributed by atoms with van der Waals surface area (Å²) in [6.45, 7) is 6.46. The van der Waals surface area contributed by atoms with E-state index in [9.17, 15) is 9.59 Å². The van der Waals surface area contributed by atoms with Crippen molar-refractivity contribution in [1.29, 1.82) is 0 Å². The number of aryl methyl sites for hydroxylation is 2. The topological polar surface area (TPSA) is 87.1 Å². The zero-order chi connectivity index (χ0) is 19.7. The Labute approximate surface area is 164 Å². The molecule has 1 spiro atoms. The first kappa shape index (κ1) is 18.7. The van der Waals surface area contributed by atoms with Gasteiger partial charge in [0.25, 0.3) is 0 Å². The Morgan fingerprint density at radius 1 is 1.21 bits per heavy atom. The SMILES string of the molecule is CCC(=O)N1CCc2[nH]cnc2C12CCN(C(=O)CCn1ccc(C)n1)CC2. The molecule has 0 radical (unpaired) electrons. The third kappa shape index (κ3) is 3.21. The van der Waals surface area contributed by atoms with Crippen molar-refractivity contribution < 1.29 is 9.59 Å². The summed E-state index contributed by atoms with van der Waals surface area (Å²) in [5.41, 5.74) is 2.71. The highest BCUT2D eigenvalue weighted by molar-refractivity contribution is 5.78. The second-order valence-corrected chi connectivity index (χ2v) is 7.76. The van der Waals surface area contributed by atoms with Gasteiger partial charge in [0.1, 0.15) is 0 Å². The molecule has 0 aromatic carbocycles. The number of carbonyl (C=O) groups excluding carboxylic acids is 2. The normalized spacial score (nSPS) is 18.4. The maximum atomic E-state index is 12.7. The molecule has 0 bridgehead atoms. The second kappa shape index (κ2) is 7.41. The highest BCUT2D eigenvalue weighted by Gasteiger charge is 2.48. The molecule has 150 valence electrons. The molecule has 2 aliphatic rings. The molecule has 2 aromatic heterocycles. The minimum atomic E-state index is -0.378. The van der Waals surface area contributed by atoms with Crippen LogP contribution >= 0.6 is 0 Å². The summed E-state index contributed by atoms with van der Waals surface area (Å²) in [4.78, 5) is 37.1. The fourth-order valence-electron chi connectivity index (χ4n) is 4.62. The van der Waals surface area contributed by atoms with E-state index in [-0.39, 0.29) is 17.4 Å². The smallest absolute Gasteiger partial charge is 0.224 e. The molecule has 1 fully saturated rings. The summed E-state index contributed by atoms with van der Waals surface area (Å²) < 4.78 is 1.82. The van der Waals surface area contributed by atoms with Crippen LogP contribution in [0.5, 0.6) is 0 Å². The Morgan fingerprint density at radius 2 is 2.00 bits per heavy atom. The van der Waals surface area contributed by atoms with E-state index in [1.54, 1.807) is 6.33 Å². The highest BCUT2D eigenvalue weighted by Crippen LogP contribution is 2.42. The minimum Gasteiger partial charge on any atom is -0.348 e. The van der Waals surface area contributed by atoms with E-state index in [1.807, 2.05) is 40.6 Å². The summed E-state index contributed by atoms with van der Waals surface area (Å²) >= 11 is 0. The van der Waals surface area contributed by atoms with Gasteiger partial charge in [-0.15, -0.1) is 0 Å². The van der Waals surface area contributed by atoms with E-state index in [1.165, 1.54) is 0 Å². The van der Waals surface area contributed by atoms with Crippen molar-refractivity contribution >= 4 is 11.8 Å². The highest BCUT2D eigenvalue weighted by atomic mass is 16.2. The molecule has 2 amide bonds. The van der Waals surface area contributed by atoms with Crippen LogP contribution in [0.3, 0.4) is 0 Å². The van der Waals surface area contributed by atoms with Gasteiger partial charge in [-0.1, -0.05) is 6.92 Å². The average molecular weight is 384 g/mol. The summed E-state index contributed by atoms with van der Waals surface area (Å²) in [6, 6.07) is 1.94. The third-order valence-electron chi connectivity index (χ3n) is 6.14. The fourth-order valence-corrected chi connectivity index (χ4v) is 4.62. The Morgan fingerprint density at radius 3 is 2.68 bits per heavy atom. The van der Waals surface area contributed by atoms with E-state index in [4.69, 9.17) is 0 Å². The molecule has 8 heteroatoms. The van der Waals surface area contributed by atoms with Gasteiger partial charge >= 0.3 is 0 Å². The zero-order valence-electron chi connectivity index (χ0n) is 16.6. The number of fused-ring (bicyclic) bond motifs is 2. The van der Waals surface area contributed by atoms with Gasteiger partial charge in [0.2, 0.25) is 11.8 Å². The number of imidazole rings is 1. The van der Waals surface area contributed by atoms with E-state index in [0.717, 1.165) is 36.3 Å². The maximum absolute atomic E-state index is 12.7. The van der Waals surface area contributed by atoms with Crippen LogP contribution in [0.4, 0.5) is 0 Å². The van der Waals surface area contributed by atoms with Crippen molar-refractivity contribution in [2.75, 3.05) is 19.6 Å². The monoisotopic (exact) mass is 384 g/mol. The summed E-state index contributed by atoms with van der Waals surface area (Å²) in [6.07, 6.45) is 6.87. The zero-order valence-corrected chi connectivity index (χ0v) is 16.6. The molecule has 1 saturated heterocycles. The fraction of sp³-hybridized carbons (Fsp3) is 0.600. The quantitative estimate of drug-likeness (QED) is 0.868. The Hall–Kier alpha value is -2.64. The largest absolute Gasteiger partial charge is 0.348 e. The number of likely N-dealkylation sites (tertiary alicyclic amines) is 1. The molecule has 2 aliphatic heterocycles. The van der Waals surface area contributed by atoms with Gasteiger partial charge in [-0.25, -0.2) is 4.98 Å². The van der Waals surface area contributed by atoms with Gasteiger partial charge in [-0.05, 0) is 25.8 Å². The molecular weight excluding hydrogens is 356 g/mol. The molecule has 4 rings (SSSR count). The number of hydrogen-bond donors (Lipinski definition) is 1. The van der Waals surface area contributed by atoms with E-state index < -0.39 is 0 Å². The predicted molar refractivity (Wildman–Crippen MR) is 103 cm³/mol. The Bertz CT molecular complexity index is 862. The number of piperidine rings is 1. The third-order valence-corrected chi connectivity index (χ3v) is 6.14. The lowest BCUT2D eigenvalue weighted by atomic mass is 9.78. The Balaban J connectivity index is 1.45. The lowest BCUT2D eigenvalue weighted by Crippen LogP contribution is -2.58. The van der Waals surface area contributed by atoms with E-state index in [0.29, 0.717) is 39.0 Å². The standard InChI is InChI=1S/C20H28N6O2/c1-3-17(27)26-11-5-16-19(22-14-21-16)20(26)7-12-24(13-8-20)18(28)6-10-25-9-4-15(2)23-25/h4,9,14H,3,5-8,10-13H2,1-2H3,(H,21,22). The molecule has 1 N–H and O–H groups in total. The predicted octanol–water partition coefficient (Wildman–Crippen LogP) is 1.62. The number of H-pyrrole nitrogens is 1. The van der Waals surface area contributed by atoms with Crippen molar-refractivity contribution in [2.24, 2.45) is 0 Å². The number of aromatic nitrogens is 4. The van der Waals surface area contributed by atoms with Crippen molar-refractivity contribution in [2.45, 2.75) is 58.0 Å². The second-order valence-electron chi connectivity index (χ2n) is 7.76. The first-order valence-corrected chi connectivity index (χ1v) is 10.1. The molecule has 0 atom stereocenters. The van der Waals surface area contributed by atoms with Crippen molar-refractivity contribution in [3.8, 4) is 0 Å². The number of nitrogens with zero attached hydrogens (tertiary/aromatic N) is 5. The van der Waals surface area contributed by atoms with Crippen LogP contribution < -0.4 is 0 Å². The molecule has 28 heavy (non-hydrogen) atoms. The van der Waals surface area contributed by atoms with E-state index in [2.05, 4.69) is 15.1 Å². The summed E-state index contributed by atoms with van der Waals surface area (Å²) in [5, 5.41) is 4.34. The first-order valence-electron chi connectivity index (χ1n) is 10.1. The van der Waals surface area contributed by atoms with Crippen LogP contribution in [-0.4, -0.2) is 61.0 Å². The van der Waals surface area contributed by atoms with Gasteiger partial charge in [0, 0.05) is 57.3 Å². The molecule has 0 unspecified atom stereocenters. The lowest BCUT2D eigenvalue weighted by Gasteiger charge is -2.50. The number of amides is 2. The molecule has 4 heterocycles. The molecule has 0 saturated carbocycles. The molecular formula is C20H28N6O2. The Kier molecular flexibility index (Phi) is 4.95. The van der Waals surface area contributed by atoms with Gasteiger partial charge in [-0.2, -0.15) is 5.10 Å². The van der Waals surface area contributed by atoms with Gasteiger partial charge in [0.05, 0.1) is 23.3 Å². The number of nitrogens with one attached hydrogen (secondary N) is 1. The summed E-state index contributed by atoms with van der Waals surface area (Å²) in [7, 11) is 0. The van der Waals surface area contributed by atoms with Crippen LogP contribution in [0.2, 0.25) is 0 Å². The van der Waals surface area contributed by atoms with Crippen LogP contribution in [0.1, 0.15) is 49.7 Å². The van der Waals surface area contributed by atoms with Crippen LogP contribution in [-0.2, 0) is 28.1 Å². The maximum Gasteiger partial charge on any atom is 0.224 e. The number of hydrogen-bond acceptors (Lipinski definition) is 4. The van der Waals surface area contributed by atoms with E-state index >= 15 is 0 Å². The number of aromatic amines is 1. The minimum absolute atomic E-state index is 0.148. The van der Waals surface area contributed by atoms with Gasteiger partial charge in [-0.3, -0.25) is 14.3 Å². The molecule has 0 aliphatic carbocycles. The lowest BCUT2D eigenvalue weighted by molar-refractivity contribution is -0.144. The van der Waals surface area contributed by atoms with Crippen LogP contribution in [0.25, 0.3) is 0 Å².